The summed E-state index contributed by atoms with van der Waals surface area (Å²) in [6, 6.07) is 6.77. The standard InChI is InChI=1S/C12H19NOS/c1-9(13-2)10-5-6-12(14-3)11(7-10)8-15-4/h5-7,9,13H,8H2,1-4H3. The zero-order valence-electron chi connectivity index (χ0n) is 9.83. The van der Waals surface area contributed by atoms with Crippen LogP contribution in [-0.4, -0.2) is 20.4 Å². The summed E-state index contributed by atoms with van der Waals surface area (Å²) in [5, 5.41) is 3.24. The molecule has 1 rings (SSSR count). The lowest BCUT2D eigenvalue weighted by Crippen LogP contribution is -2.12. The number of ether oxygens (including phenoxy) is 1. The topological polar surface area (TPSA) is 21.3 Å². The van der Waals surface area contributed by atoms with E-state index >= 15 is 0 Å². The van der Waals surface area contributed by atoms with Crippen molar-refractivity contribution in [2.45, 2.75) is 18.7 Å². The maximum atomic E-state index is 5.33. The van der Waals surface area contributed by atoms with Gasteiger partial charge in [0.15, 0.2) is 0 Å². The van der Waals surface area contributed by atoms with Gasteiger partial charge in [-0.1, -0.05) is 6.07 Å². The molecule has 0 saturated carbocycles. The van der Waals surface area contributed by atoms with Crippen molar-refractivity contribution in [1.29, 1.82) is 0 Å². The van der Waals surface area contributed by atoms with Gasteiger partial charge in [0, 0.05) is 17.4 Å². The maximum Gasteiger partial charge on any atom is 0.122 e. The van der Waals surface area contributed by atoms with E-state index in [9.17, 15) is 0 Å². The summed E-state index contributed by atoms with van der Waals surface area (Å²) in [7, 11) is 3.70. The molecule has 0 bridgehead atoms. The molecule has 3 heteroatoms. The number of hydrogen-bond acceptors (Lipinski definition) is 3. The van der Waals surface area contributed by atoms with Gasteiger partial charge in [-0.05, 0) is 37.9 Å². The Balaban J connectivity index is 2.98. The summed E-state index contributed by atoms with van der Waals surface area (Å²) < 4.78 is 5.33. The molecule has 1 unspecified atom stereocenters. The van der Waals surface area contributed by atoms with Gasteiger partial charge in [0.1, 0.15) is 5.75 Å². The predicted octanol–water partition coefficient (Wildman–Crippen LogP) is 2.84. The quantitative estimate of drug-likeness (QED) is 0.832. The fourth-order valence-corrected chi connectivity index (χ4v) is 2.04. The first-order valence-corrected chi connectivity index (χ1v) is 6.45. The lowest BCUT2D eigenvalue weighted by molar-refractivity contribution is 0.411. The van der Waals surface area contributed by atoms with Gasteiger partial charge in [0.25, 0.3) is 0 Å². The van der Waals surface area contributed by atoms with Crippen molar-refractivity contribution >= 4 is 11.8 Å². The van der Waals surface area contributed by atoms with Crippen LogP contribution in [0.1, 0.15) is 24.1 Å². The Morgan fingerprint density at radius 2 is 2.20 bits per heavy atom. The summed E-state index contributed by atoms with van der Waals surface area (Å²) in [4.78, 5) is 0. The number of nitrogens with one attached hydrogen (secondary N) is 1. The van der Waals surface area contributed by atoms with Gasteiger partial charge < -0.3 is 10.1 Å². The highest BCUT2D eigenvalue weighted by atomic mass is 32.2. The molecular formula is C12H19NOS. The summed E-state index contributed by atoms with van der Waals surface area (Å²) in [5.74, 6) is 1.98. The molecule has 0 saturated heterocycles. The maximum absolute atomic E-state index is 5.33. The Labute approximate surface area is 96.4 Å². The Bertz CT molecular complexity index is 314. The zero-order chi connectivity index (χ0) is 11.3. The third-order valence-corrected chi connectivity index (χ3v) is 3.14. The van der Waals surface area contributed by atoms with E-state index in [1.54, 1.807) is 7.11 Å². The molecule has 1 aromatic carbocycles. The van der Waals surface area contributed by atoms with Gasteiger partial charge in [-0.2, -0.15) is 11.8 Å². The van der Waals surface area contributed by atoms with Gasteiger partial charge in [-0.15, -0.1) is 0 Å². The van der Waals surface area contributed by atoms with Crippen LogP contribution in [0, 0.1) is 0 Å². The normalized spacial score (nSPS) is 12.5. The fourth-order valence-electron chi connectivity index (χ4n) is 1.50. The lowest BCUT2D eigenvalue weighted by Gasteiger charge is -2.14. The van der Waals surface area contributed by atoms with Crippen LogP contribution >= 0.6 is 11.8 Å². The molecule has 0 aromatic heterocycles. The number of thioether (sulfide) groups is 1. The molecule has 0 radical (unpaired) electrons. The highest BCUT2D eigenvalue weighted by Gasteiger charge is 2.07. The van der Waals surface area contributed by atoms with Crippen LogP contribution in [0.4, 0.5) is 0 Å². The van der Waals surface area contributed by atoms with Gasteiger partial charge >= 0.3 is 0 Å². The number of benzene rings is 1. The third-order valence-electron chi connectivity index (χ3n) is 2.54. The fraction of sp³-hybridized carbons (Fsp3) is 0.500. The van der Waals surface area contributed by atoms with E-state index in [0.29, 0.717) is 6.04 Å². The van der Waals surface area contributed by atoms with Gasteiger partial charge in [-0.25, -0.2) is 0 Å². The van der Waals surface area contributed by atoms with E-state index in [2.05, 4.69) is 36.7 Å². The summed E-state index contributed by atoms with van der Waals surface area (Å²) in [6.07, 6.45) is 2.10. The molecule has 84 valence electrons. The zero-order valence-corrected chi connectivity index (χ0v) is 10.6. The largest absolute Gasteiger partial charge is 0.496 e. The van der Waals surface area contributed by atoms with Gasteiger partial charge in [-0.3, -0.25) is 0 Å². The molecular weight excluding hydrogens is 206 g/mol. The van der Waals surface area contributed by atoms with Crippen LogP contribution in [0.2, 0.25) is 0 Å². The summed E-state index contributed by atoms with van der Waals surface area (Å²) in [6.45, 7) is 2.16. The molecule has 0 aliphatic carbocycles. The van der Waals surface area contributed by atoms with Crippen LogP contribution in [0.25, 0.3) is 0 Å². The molecule has 0 amide bonds. The average Bonchev–Trinajstić information content (AvgIpc) is 2.28. The van der Waals surface area contributed by atoms with Crippen LogP contribution in [0.5, 0.6) is 5.75 Å². The molecule has 1 aromatic rings. The average molecular weight is 225 g/mol. The van der Waals surface area contributed by atoms with E-state index < -0.39 is 0 Å². The van der Waals surface area contributed by atoms with Crippen LogP contribution < -0.4 is 10.1 Å². The van der Waals surface area contributed by atoms with Crippen molar-refractivity contribution in [3.63, 3.8) is 0 Å². The third kappa shape index (κ3) is 3.14. The minimum atomic E-state index is 0.386. The predicted molar refractivity (Wildman–Crippen MR) is 67.7 cm³/mol. The van der Waals surface area contributed by atoms with Crippen LogP contribution in [0.15, 0.2) is 18.2 Å². The molecule has 2 nitrogen and oxygen atoms in total. The second-order valence-electron chi connectivity index (χ2n) is 3.51. The molecule has 0 heterocycles. The van der Waals surface area contributed by atoms with Crippen molar-refractivity contribution in [1.82, 2.24) is 5.32 Å². The lowest BCUT2D eigenvalue weighted by atomic mass is 10.1. The van der Waals surface area contributed by atoms with Crippen molar-refractivity contribution in [2.24, 2.45) is 0 Å². The van der Waals surface area contributed by atoms with E-state index in [1.807, 2.05) is 18.8 Å². The SMILES string of the molecule is CNC(C)c1ccc(OC)c(CSC)c1. The van der Waals surface area contributed by atoms with Crippen molar-refractivity contribution < 1.29 is 4.74 Å². The Hall–Kier alpha value is -0.670. The molecule has 0 fully saturated rings. The second-order valence-corrected chi connectivity index (χ2v) is 4.38. The number of rotatable bonds is 5. The van der Waals surface area contributed by atoms with E-state index in [-0.39, 0.29) is 0 Å². The number of hydrogen-bond donors (Lipinski definition) is 1. The van der Waals surface area contributed by atoms with Crippen LogP contribution in [-0.2, 0) is 5.75 Å². The highest BCUT2D eigenvalue weighted by Crippen LogP contribution is 2.25. The molecule has 1 atom stereocenters. The monoisotopic (exact) mass is 225 g/mol. The van der Waals surface area contributed by atoms with Gasteiger partial charge in [0.05, 0.1) is 7.11 Å². The van der Waals surface area contributed by atoms with Crippen molar-refractivity contribution in [3.8, 4) is 5.75 Å². The van der Waals surface area contributed by atoms with Gasteiger partial charge in [0.2, 0.25) is 0 Å². The highest BCUT2D eigenvalue weighted by molar-refractivity contribution is 7.97. The first-order valence-electron chi connectivity index (χ1n) is 5.06. The number of methoxy groups -OCH3 is 1. The van der Waals surface area contributed by atoms with Crippen LogP contribution in [0.3, 0.4) is 0 Å². The summed E-state index contributed by atoms with van der Waals surface area (Å²) >= 11 is 1.81. The van der Waals surface area contributed by atoms with E-state index in [1.165, 1.54) is 11.1 Å². The molecule has 15 heavy (non-hydrogen) atoms. The first-order chi connectivity index (χ1) is 7.22. The van der Waals surface area contributed by atoms with E-state index in [4.69, 9.17) is 4.74 Å². The van der Waals surface area contributed by atoms with Crippen molar-refractivity contribution in [2.75, 3.05) is 20.4 Å². The Morgan fingerprint density at radius 3 is 2.73 bits per heavy atom. The molecule has 1 N–H and O–H groups in total. The Morgan fingerprint density at radius 1 is 1.47 bits per heavy atom. The minimum Gasteiger partial charge on any atom is -0.496 e. The smallest absolute Gasteiger partial charge is 0.122 e. The second kappa shape index (κ2) is 6.03. The minimum absolute atomic E-state index is 0.386. The molecule has 0 aliphatic heterocycles. The van der Waals surface area contributed by atoms with Crippen molar-refractivity contribution in [3.05, 3.63) is 29.3 Å². The Kier molecular flexibility index (Phi) is 4.99. The molecule has 0 aliphatic rings. The molecule has 0 spiro atoms. The first kappa shape index (κ1) is 12.4. The van der Waals surface area contributed by atoms with E-state index in [0.717, 1.165) is 11.5 Å². The summed E-state index contributed by atoms with van der Waals surface area (Å²) in [5.41, 5.74) is 2.58.